The maximum atomic E-state index is 13.2. The highest BCUT2D eigenvalue weighted by Gasteiger charge is 2.21. The highest BCUT2D eigenvalue weighted by molar-refractivity contribution is 6.04. The summed E-state index contributed by atoms with van der Waals surface area (Å²) in [5, 5.41) is 0. The average molecular weight is 531 g/mol. The van der Waals surface area contributed by atoms with Crippen LogP contribution in [0.4, 0.5) is 22.7 Å². The van der Waals surface area contributed by atoms with Crippen LogP contribution in [0.15, 0.2) is 109 Å². The van der Waals surface area contributed by atoms with E-state index in [0.717, 1.165) is 0 Å². The SMILES string of the molecule is Nc1ccccc1-c1cc(OC(=O)c2ccccc2C(=O)Oc2ccc(N)c(-c3ccccc3N)c2)ccc1N. The molecule has 5 aromatic carbocycles. The Hall–Kier alpha value is -5.76. The van der Waals surface area contributed by atoms with Gasteiger partial charge in [-0.25, -0.2) is 9.59 Å². The maximum absolute atomic E-state index is 13.2. The van der Waals surface area contributed by atoms with Crippen LogP contribution in [0, 0.1) is 0 Å². The molecule has 0 aliphatic rings. The molecular weight excluding hydrogens is 504 g/mol. The van der Waals surface area contributed by atoms with Crippen molar-refractivity contribution in [3.63, 3.8) is 0 Å². The lowest BCUT2D eigenvalue weighted by atomic mass is 10.0. The zero-order valence-corrected chi connectivity index (χ0v) is 21.3. The first-order chi connectivity index (χ1) is 19.3. The van der Waals surface area contributed by atoms with Crippen LogP contribution in [0.5, 0.6) is 11.5 Å². The molecule has 8 heteroatoms. The summed E-state index contributed by atoms with van der Waals surface area (Å²) >= 11 is 0. The lowest BCUT2D eigenvalue weighted by Crippen LogP contribution is -2.17. The molecular formula is C32H26N4O4. The molecule has 0 bridgehead atoms. The maximum Gasteiger partial charge on any atom is 0.344 e. The molecule has 0 aliphatic carbocycles. The topological polar surface area (TPSA) is 157 Å². The van der Waals surface area contributed by atoms with Crippen LogP contribution < -0.4 is 32.4 Å². The molecule has 8 N–H and O–H groups in total. The normalized spacial score (nSPS) is 10.6. The summed E-state index contributed by atoms with van der Waals surface area (Å²) in [6.45, 7) is 0. The summed E-state index contributed by atoms with van der Waals surface area (Å²) in [4.78, 5) is 26.4. The Morgan fingerprint density at radius 1 is 0.425 bits per heavy atom. The van der Waals surface area contributed by atoms with Crippen LogP contribution in [-0.4, -0.2) is 11.9 Å². The van der Waals surface area contributed by atoms with Crippen molar-refractivity contribution in [2.75, 3.05) is 22.9 Å². The number of rotatable bonds is 6. The summed E-state index contributed by atoms with van der Waals surface area (Å²) in [7, 11) is 0. The minimum Gasteiger partial charge on any atom is -0.423 e. The fraction of sp³-hybridized carbons (Fsp3) is 0. The molecule has 0 saturated heterocycles. The second-order valence-electron chi connectivity index (χ2n) is 9.00. The lowest BCUT2D eigenvalue weighted by molar-refractivity contribution is 0.0692. The molecule has 0 unspecified atom stereocenters. The second kappa shape index (κ2) is 10.9. The van der Waals surface area contributed by atoms with Crippen molar-refractivity contribution in [3.05, 3.63) is 120 Å². The van der Waals surface area contributed by atoms with E-state index in [1.54, 1.807) is 60.7 Å². The van der Waals surface area contributed by atoms with Gasteiger partial charge in [-0.1, -0.05) is 48.5 Å². The fourth-order valence-corrected chi connectivity index (χ4v) is 4.31. The molecule has 0 fully saturated rings. The molecule has 0 radical (unpaired) electrons. The summed E-state index contributed by atoms with van der Waals surface area (Å²) in [5.41, 5.74) is 29.3. The quantitative estimate of drug-likeness (QED) is 0.122. The van der Waals surface area contributed by atoms with Gasteiger partial charge in [-0.2, -0.15) is 0 Å². The highest BCUT2D eigenvalue weighted by atomic mass is 16.5. The van der Waals surface area contributed by atoms with Crippen LogP contribution in [0.1, 0.15) is 20.7 Å². The molecule has 0 spiro atoms. The standard InChI is InChI=1S/C32H26N4O4/c33-27-11-5-3-7-21(27)25-17-19(13-15-29(25)35)39-31(37)23-9-1-2-10-24(23)32(38)40-20-14-16-30(36)26(18-20)22-8-4-6-12-28(22)34/h1-18H,33-36H2. The van der Waals surface area contributed by atoms with E-state index in [1.807, 2.05) is 36.4 Å². The number of esters is 2. The van der Waals surface area contributed by atoms with E-state index in [4.69, 9.17) is 32.4 Å². The van der Waals surface area contributed by atoms with E-state index in [2.05, 4.69) is 0 Å². The number of benzene rings is 5. The van der Waals surface area contributed by atoms with Gasteiger partial charge >= 0.3 is 11.9 Å². The number of para-hydroxylation sites is 2. The Labute approximate surface area is 230 Å². The van der Waals surface area contributed by atoms with E-state index in [0.29, 0.717) is 45.0 Å². The third-order valence-corrected chi connectivity index (χ3v) is 6.34. The molecule has 0 amide bonds. The van der Waals surface area contributed by atoms with Crippen LogP contribution in [0.3, 0.4) is 0 Å². The number of ether oxygens (including phenoxy) is 2. The molecule has 0 atom stereocenters. The molecule has 0 heterocycles. The number of carbonyl (C=O) groups is 2. The van der Waals surface area contributed by atoms with Crippen molar-refractivity contribution in [1.82, 2.24) is 0 Å². The van der Waals surface area contributed by atoms with E-state index < -0.39 is 11.9 Å². The van der Waals surface area contributed by atoms with Gasteiger partial charge in [0.1, 0.15) is 11.5 Å². The molecule has 0 aromatic heterocycles. The van der Waals surface area contributed by atoms with Crippen LogP contribution >= 0.6 is 0 Å². The number of anilines is 4. The number of hydrogen-bond donors (Lipinski definition) is 4. The van der Waals surface area contributed by atoms with Crippen molar-refractivity contribution in [3.8, 4) is 33.8 Å². The van der Waals surface area contributed by atoms with Crippen molar-refractivity contribution >= 4 is 34.7 Å². The summed E-state index contributed by atoms with van der Waals surface area (Å²) < 4.78 is 11.3. The first-order valence-corrected chi connectivity index (χ1v) is 12.3. The Morgan fingerprint density at radius 2 is 0.775 bits per heavy atom. The van der Waals surface area contributed by atoms with Gasteiger partial charge < -0.3 is 32.4 Å². The number of carbonyl (C=O) groups excluding carboxylic acids is 2. The Balaban J connectivity index is 1.40. The Kier molecular flexibility index (Phi) is 7.07. The monoisotopic (exact) mass is 530 g/mol. The minimum absolute atomic E-state index is 0.0353. The van der Waals surface area contributed by atoms with Crippen molar-refractivity contribution in [2.45, 2.75) is 0 Å². The predicted molar refractivity (Wildman–Crippen MR) is 158 cm³/mol. The van der Waals surface area contributed by atoms with E-state index in [9.17, 15) is 9.59 Å². The van der Waals surface area contributed by atoms with E-state index >= 15 is 0 Å². The third kappa shape index (κ3) is 5.27. The first-order valence-electron chi connectivity index (χ1n) is 12.3. The van der Waals surface area contributed by atoms with Crippen molar-refractivity contribution in [2.24, 2.45) is 0 Å². The van der Waals surface area contributed by atoms with Gasteiger partial charge in [0.15, 0.2) is 0 Å². The zero-order chi connectivity index (χ0) is 28.2. The minimum atomic E-state index is -0.737. The molecule has 5 aromatic rings. The molecule has 5 rings (SSSR count). The molecule has 0 aliphatic heterocycles. The smallest absolute Gasteiger partial charge is 0.344 e. The number of nitrogen functional groups attached to an aromatic ring is 4. The molecule has 198 valence electrons. The van der Waals surface area contributed by atoms with Crippen molar-refractivity contribution < 1.29 is 19.1 Å². The third-order valence-electron chi connectivity index (χ3n) is 6.34. The van der Waals surface area contributed by atoms with Crippen LogP contribution in [0.2, 0.25) is 0 Å². The van der Waals surface area contributed by atoms with Crippen LogP contribution in [-0.2, 0) is 0 Å². The van der Waals surface area contributed by atoms with Crippen LogP contribution in [0.25, 0.3) is 22.3 Å². The van der Waals surface area contributed by atoms with Gasteiger partial charge in [-0.05, 0) is 60.7 Å². The molecule has 0 saturated carbocycles. The number of nitrogens with two attached hydrogens (primary N) is 4. The predicted octanol–water partition coefficient (Wildman–Crippen LogP) is 5.79. The Bertz CT molecular complexity index is 1620. The lowest BCUT2D eigenvalue weighted by Gasteiger charge is -2.13. The Morgan fingerprint density at radius 3 is 1.18 bits per heavy atom. The van der Waals surface area contributed by atoms with Gasteiger partial charge in [0.25, 0.3) is 0 Å². The zero-order valence-electron chi connectivity index (χ0n) is 21.3. The summed E-state index contributed by atoms with van der Waals surface area (Å²) in [6.07, 6.45) is 0. The van der Waals surface area contributed by atoms with Crippen molar-refractivity contribution in [1.29, 1.82) is 0 Å². The molecule has 40 heavy (non-hydrogen) atoms. The van der Waals surface area contributed by atoms with Gasteiger partial charge in [-0.15, -0.1) is 0 Å². The fourth-order valence-electron chi connectivity index (χ4n) is 4.31. The second-order valence-corrected chi connectivity index (χ2v) is 9.00. The first kappa shape index (κ1) is 25.9. The highest BCUT2D eigenvalue weighted by Crippen LogP contribution is 2.35. The van der Waals surface area contributed by atoms with Gasteiger partial charge in [0, 0.05) is 45.0 Å². The summed E-state index contributed by atoms with van der Waals surface area (Å²) in [5.74, 6) is -0.993. The largest absolute Gasteiger partial charge is 0.423 e. The van der Waals surface area contributed by atoms with Gasteiger partial charge in [0.05, 0.1) is 11.1 Å². The van der Waals surface area contributed by atoms with Gasteiger partial charge in [0.2, 0.25) is 0 Å². The number of hydrogen-bond acceptors (Lipinski definition) is 8. The molecule has 8 nitrogen and oxygen atoms in total. The van der Waals surface area contributed by atoms with E-state index in [1.165, 1.54) is 12.1 Å². The van der Waals surface area contributed by atoms with E-state index in [-0.39, 0.29) is 22.6 Å². The summed E-state index contributed by atoms with van der Waals surface area (Å²) in [6, 6.07) is 30.4. The van der Waals surface area contributed by atoms with Gasteiger partial charge in [-0.3, -0.25) is 0 Å². The average Bonchev–Trinajstić information content (AvgIpc) is 2.96.